The molecule has 0 amide bonds. The van der Waals surface area contributed by atoms with E-state index in [0.717, 1.165) is 37.0 Å². The molecule has 0 spiro atoms. The average molecular weight is 287 g/mol. The number of fused-ring (bicyclic) bond motifs is 1. The zero-order valence-electron chi connectivity index (χ0n) is 12.1. The first kappa shape index (κ1) is 13.9. The first-order valence-electron chi connectivity index (χ1n) is 7.19. The molecule has 0 saturated carbocycles. The molecule has 1 heterocycles. The Hall–Kier alpha value is -2.10. The van der Waals surface area contributed by atoms with Crippen molar-refractivity contribution < 1.29 is 13.9 Å². The molecule has 0 unspecified atom stereocenters. The van der Waals surface area contributed by atoms with Crippen LogP contribution in [0.4, 0.5) is 4.39 Å². The number of ether oxygens (including phenoxy) is 2. The van der Waals surface area contributed by atoms with Crippen molar-refractivity contribution in [3.8, 4) is 17.4 Å². The fourth-order valence-electron chi connectivity index (χ4n) is 2.77. The molecule has 0 aliphatic heterocycles. The van der Waals surface area contributed by atoms with Crippen LogP contribution >= 0.6 is 0 Å². The highest BCUT2D eigenvalue weighted by Crippen LogP contribution is 2.36. The molecule has 1 aromatic heterocycles. The molecule has 1 aromatic carbocycles. The summed E-state index contributed by atoms with van der Waals surface area (Å²) in [6, 6.07) is 7.10. The van der Waals surface area contributed by atoms with Crippen LogP contribution in [0.3, 0.4) is 0 Å². The molecule has 1 aliphatic carbocycles. The van der Waals surface area contributed by atoms with Crippen LogP contribution in [0.5, 0.6) is 17.4 Å². The maximum atomic E-state index is 12.7. The summed E-state index contributed by atoms with van der Waals surface area (Å²) in [7, 11) is 1.64. The smallest absolute Gasteiger partial charge is 0.216 e. The van der Waals surface area contributed by atoms with Crippen LogP contribution in [0.1, 0.15) is 29.5 Å². The predicted octanol–water partition coefficient (Wildman–Crippen LogP) is 4.23. The van der Waals surface area contributed by atoms with E-state index in [2.05, 4.69) is 4.98 Å². The fourth-order valence-corrected chi connectivity index (χ4v) is 2.77. The number of methoxy groups -OCH3 is 1. The molecule has 0 radical (unpaired) electrons. The van der Waals surface area contributed by atoms with Gasteiger partial charge in [0, 0.05) is 11.1 Å². The van der Waals surface area contributed by atoms with Crippen molar-refractivity contribution >= 4 is 0 Å². The van der Waals surface area contributed by atoms with Crippen LogP contribution in [-0.2, 0) is 19.5 Å². The third kappa shape index (κ3) is 2.84. The second kappa shape index (κ2) is 6.12. The Balaban J connectivity index is 1.95. The maximum Gasteiger partial charge on any atom is 0.216 e. The Labute approximate surface area is 123 Å². The molecule has 1 aliphatic rings. The van der Waals surface area contributed by atoms with Gasteiger partial charge < -0.3 is 9.47 Å². The van der Waals surface area contributed by atoms with Crippen molar-refractivity contribution in [2.45, 2.75) is 32.4 Å². The summed E-state index contributed by atoms with van der Waals surface area (Å²) in [5, 5.41) is 0. The van der Waals surface area contributed by atoms with Gasteiger partial charge in [-0.05, 0) is 43.4 Å². The van der Waals surface area contributed by atoms with E-state index in [4.69, 9.17) is 9.47 Å². The van der Waals surface area contributed by atoms with Crippen molar-refractivity contribution in [3.63, 3.8) is 0 Å². The van der Waals surface area contributed by atoms with E-state index >= 15 is 0 Å². The van der Waals surface area contributed by atoms with E-state index in [9.17, 15) is 4.39 Å². The van der Waals surface area contributed by atoms with Crippen LogP contribution in [0, 0.1) is 0 Å². The first-order valence-corrected chi connectivity index (χ1v) is 7.19. The molecule has 3 rings (SSSR count). The van der Waals surface area contributed by atoms with Crippen molar-refractivity contribution in [1.29, 1.82) is 0 Å². The molecule has 0 fully saturated rings. The normalized spacial score (nSPS) is 13.6. The summed E-state index contributed by atoms with van der Waals surface area (Å²) in [5.74, 6) is 2.08. The molecule has 21 heavy (non-hydrogen) atoms. The Morgan fingerprint density at radius 1 is 1.19 bits per heavy atom. The molecule has 0 bridgehead atoms. The number of rotatable bonds is 4. The zero-order valence-corrected chi connectivity index (χ0v) is 12.1. The van der Waals surface area contributed by atoms with Gasteiger partial charge in [-0.2, -0.15) is 0 Å². The van der Waals surface area contributed by atoms with Crippen LogP contribution in [-0.4, -0.2) is 12.1 Å². The zero-order chi connectivity index (χ0) is 14.7. The highest BCUT2D eigenvalue weighted by Gasteiger charge is 2.20. The minimum Gasteiger partial charge on any atom is -0.481 e. The maximum absolute atomic E-state index is 12.7. The summed E-state index contributed by atoms with van der Waals surface area (Å²) in [6.45, 7) is -0.490. The quantitative estimate of drug-likeness (QED) is 0.843. The van der Waals surface area contributed by atoms with E-state index in [1.54, 1.807) is 31.5 Å². The number of aromatic nitrogens is 1. The van der Waals surface area contributed by atoms with Gasteiger partial charge in [0.2, 0.25) is 5.88 Å². The lowest BCUT2D eigenvalue weighted by molar-refractivity contribution is 0.383. The van der Waals surface area contributed by atoms with Crippen molar-refractivity contribution in [1.82, 2.24) is 4.98 Å². The number of hydrogen-bond donors (Lipinski definition) is 0. The first-order chi connectivity index (χ1) is 10.3. The topological polar surface area (TPSA) is 31.4 Å². The number of hydrogen-bond acceptors (Lipinski definition) is 3. The molecule has 3 nitrogen and oxygen atoms in total. The fraction of sp³-hybridized carbons (Fsp3) is 0.353. The molecule has 0 atom stereocenters. The minimum absolute atomic E-state index is 0.490. The lowest BCUT2D eigenvalue weighted by atomic mass is 9.92. The molecule has 4 heteroatoms. The average Bonchev–Trinajstić information content (AvgIpc) is 2.55. The van der Waals surface area contributed by atoms with Gasteiger partial charge in [-0.25, -0.2) is 9.37 Å². The highest BCUT2D eigenvalue weighted by molar-refractivity contribution is 5.47. The van der Waals surface area contributed by atoms with E-state index in [-0.39, 0.29) is 0 Å². The summed E-state index contributed by atoms with van der Waals surface area (Å²) in [5.41, 5.74) is 2.92. The summed E-state index contributed by atoms with van der Waals surface area (Å²) in [6.07, 6.45) is 5.91. The van der Waals surface area contributed by atoms with Gasteiger partial charge in [0.15, 0.2) is 0 Å². The van der Waals surface area contributed by atoms with Gasteiger partial charge in [0.1, 0.15) is 18.2 Å². The second-order valence-electron chi connectivity index (χ2n) is 5.18. The van der Waals surface area contributed by atoms with Gasteiger partial charge in [-0.15, -0.1) is 0 Å². The van der Waals surface area contributed by atoms with Crippen LogP contribution < -0.4 is 9.47 Å². The standard InChI is InChI=1S/C17H18FNO2/c1-20-17-15-8-3-2-7-14(15)16(11-19-17)21-13-6-4-5-12(9-13)10-18/h4-6,9,11H,2-3,7-8,10H2,1H3. The number of halogens is 1. The van der Waals surface area contributed by atoms with E-state index in [0.29, 0.717) is 17.2 Å². The van der Waals surface area contributed by atoms with E-state index in [1.165, 1.54) is 5.56 Å². The van der Waals surface area contributed by atoms with E-state index < -0.39 is 6.67 Å². The SMILES string of the molecule is COc1ncc(Oc2cccc(CF)c2)c2c1CCCC2. The monoisotopic (exact) mass is 287 g/mol. The lowest BCUT2D eigenvalue weighted by Gasteiger charge is -2.21. The van der Waals surface area contributed by atoms with Crippen molar-refractivity contribution in [2.75, 3.05) is 7.11 Å². The van der Waals surface area contributed by atoms with Crippen molar-refractivity contribution in [2.24, 2.45) is 0 Å². The lowest BCUT2D eigenvalue weighted by Crippen LogP contribution is -2.08. The van der Waals surface area contributed by atoms with Crippen LogP contribution in [0.2, 0.25) is 0 Å². The van der Waals surface area contributed by atoms with E-state index in [1.807, 2.05) is 6.07 Å². The number of benzene rings is 1. The van der Waals surface area contributed by atoms with Gasteiger partial charge in [0.25, 0.3) is 0 Å². The molecule has 2 aromatic rings. The third-order valence-electron chi connectivity index (χ3n) is 3.80. The summed E-state index contributed by atoms with van der Waals surface area (Å²) in [4.78, 5) is 4.33. The molecular formula is C17H18FNO2. The van der Waals surface area contributed by atoms with Gasteiger partial charge >= 0.3 is 0 Å². The Morgan fingerprint density at radius 3 is 2.76 bits per heavy atom. The van der Waals surface area contributed by atoms with Crippen LogP contribution in [0.25, 0.3) is 0 Å². The van der Waals surface area contributed by atoms with Gasteiger partial charge in [-0.1, -0.05) is 12.1 Å². The van der Waals surface area contributed by atoms with Crippen molar-refractivity contribution in [3.05, 3.63) is 47.2 Å². The number of nitrogens with zero attached hydrogens (tertiary/aromatic N) is 1. The Bertz CT molecular complexity index is 643. The highest BCUT2D eigenvalue weighted by atomic mass is 19.1. The Morgan fingerprint density at radius 2 is 2.00 bits per heavy atom. The molecule has 0 saturated heterocycles. The third-order valence-corrected chi connectivity index (χ3v) is 3.80. The van der Waals surface area contributed by atoms with Gasteiger partial charge in [0.05, 0.1) is 13.3 Å². The van der Waals surface area contributed by atoms with Gasteiger partial charge in [-0.3, -0.25) is 0 Å². The largest absolute Gasteiger partial charge is 0.481 e. The minimum atomic E-state index is -0.490. The van der Waals surface area contributed by atoms with Crippen LogP contribution in [0.15, 0.2) is 30.5 Å². The predicted molar refractivity (Wildman–Crippen MR) is 78.8 cm³/mol. The molecule has 0 N–H and O–H groups in total. The molecular weight excluding hydrogens is 269 g/mol. The second-order valence-corrected chi connectivity index (χ2v) is 5.18. The summed E-state index contributed by atoms with van der Waals surface area (Å²) < 4.78 is 24.0. The Kier molecular flexibility index (Phi) is 4.04. The molecule has 110 valence electrons. The number of alkyl halides is 1. The summed E-state index contributed by atoms with van der Waals surface area (Å²) >= 11 is 0. The number of pyridine rings is 1.